The highest BCUT2D eigenvalue weighted by molar-refractivity contribution is 5.95. The summed E-state index contributed by atoms with van der Waals surface area (Å²) >= 11 is 0. The smallest absolute Gasteiger partial charge is 0.254 e. The van der Waals surface area contributed by atoms with Gasteiger partial charge in [0.15, 0.2) is 0 Å². The molecule has 3 amide bonds. The number of carbonyl (C=O) groups is 3. The molecule has 0 radical (unpaired) electrons. The van der Waals surface area contributed by atoms with Crippen molar-refractivity contribution < 1.29 is 23.9 Å². The van der Waals surface area contributed by atoms with Gasteiger partial charge in [-0.15, -0.1) is 0 Å². The molecule has 1 aromatic carbocycles. The minimum absolute atomic E-state index is 0.00316. The average Bonchev–Trinajstić information content (AvgIpc) is 3.62. The maximum atomic E-state index is 13.5. The standard InChI is InChI=1S/C24H34N4O5/c1-32-14-13-27(22(29)18-5-7-20(33-2)8-6-18)19-15-21(24(31)26-11-9-25-10-12-26)28(16-19)23(30)17-3-4-17/h5-8,17,19,21,25H,3-4,9-16H2,1-2H3. The third-order valence-corrected chi connectivity index (χ3v) is 6.78. The zero-order chi connectivity index (χ0) is 23.4. The van der Waals surface area contributed by atoms with Crippen LogP contribution in [0.5, 0.6) is 5.75 Å². The van der Waals surface area contributed by atoms with E-state index in [9.17, 15) is 14.4 Å². The van der Waals surface area contributed by atoms with Gasteiger partial charge in [0.25, 0.3) is 5.91 Å². The summed E-state index contributed by atoms with van der Waals surface area (Å²) in [7, 11) is 3.19. The van der Waals surface area contributed by atoms with Crippen molar-refractivity contribution in [2.75, 3.05) is 60.1 Å². The first-order chi connectivity index (χ1) is 16.0. The highest BCUT2D eigenvalue weighted by atomic mass is 16.5. The molecule has 9 heteroatoms. The molecule has 2 heterocycles. The van der Waals surface area contributed by atoms with Gasteiger partial charge in [-0.3, -0.25) is 14.4 Å². The summed E-state index contributed by atoms with van der Waals surface area (Å²) in [6.45, 7) is 3.96. The summed E-state index contributed by atoms with van der Waals surface area (Å²) < 4.78 is 10.5. The molecule has 33 heavy (non-hydrogen) atoms. The minimum atomic E-state index is -0.519. The van der Waals surface area contributed by atoms with Crippen molar-refractivity contribution in [3.05, 3.63) is 29.8 Å². The van der Waals surface area contributed by atoms with Crippen molar-refractivity contribution in [1.29, 1.82) is 0 Å². The van der Waals surface area contributed by atoms with E-state index in [4.69, 9.17) is 9.47 Å². The largest absolute Gasteiger partial charge is 0.497 e. The van der Waals surface area contributed by atoms with Gasteiger partial charge in [-0.05, 0) is 43.5 Å². The van der Waals surface area contributed by atoms with Crippen LogP contribution in [0.4, 0.5) is 0 Å². The minimum Gasteiger partial charge on any atom is -0.497 e. The van der Waals surface area contributed by atoms with Gasteiger partial charge in [-0.25, -0.2) is 0 Å². The number of hydrogen-bond acceptors (Lipinski definition) is 6. The zero-order valence-corrected chi connectivity index (χ0v) is 19.5. The third-order valence-electron chi connectivity index (χ3n) is 6.78. The molecule has 1 saturated carbocycles. The molecule has 2 saturated heterocycles. The van der Waals surface area contributed by atoms with Crippen LogP contribution in [0.2, 0.25) is 0 Å². The maximum absolute atomic E-state index is 13.5. The van der Waals surface area contributed by atoms with Crippen LogP contribution in [-0.2, 0) is 14.3 Å². The molecular weight excluding hydrogens is 424 g/mol. The Bertz CT molecular complexity index is 851. The maximum Gasteiger partial charge on any atom is 0.254 e. The molecule has 2 unspecified atom stereocenters. The van der Waals surface area contributed by atoms with E-state index in [1.165, 1.54) is 0 Å². The lowest BCUT2D eigenvalue weighted by atomic mass is 10.1. The van der Waals surface area contributed by atoms with Crippen LogP contribution in [0.25, 0.3) is 0 Å². The van der Waals surface area contributed by atoms with Crippen LogP contribution in [0, 0.1) is 5.92 Å². The molecule has 0 aromatic heterocycles. The quantitative estimate of drug-likeness (QED) is 0.613. The first-order valence-corrected chi connectivity index (χ1v) is 11.8. The fraction of sp³-hybridized carbons (Fsp3) is 0.625. The second-order valence-electron chi connectivity index (χ2n) is 8.97. The van der Waals surface area contributed by atoms with Crippen molar-refractivity contribution in [2.45, 2.75) is 31.3 Å². The van der Waals surface area contributed by atoms with Crippen molar-refractivity contribution in [1.82, 2.24) is 20.0 Å². The van der Waals surface area contributed by atoms with E-state index in [0.29, 0.717) is 50.5 Å². The first kappa shape index (κ1) is 23.5. The SMILES string of the molecule is COCCN(C(=O)c1ccc(OC)cc1)C1CC(C(=O)N2CCNCC2)N(C(=O)C2CC2)C1. The van der Waals surface area contributed by atoms with Crippen LogP contribution in [0.1, 0.15) is 29.6 Å². The van der Waals surface area contributed by atoms with E-state index < -0.39 is 6.04 Å². The molecule has 2 atom stereocenters. The number of hydrogen-bond donors (Lipinski definition) is 1. The Hall–Kier alpha value is -2.65. The number of methoxy groups -OCH3 is 2. The van der Waals surface area contributed by atoms with Crippen LogP contribution in [-0.4, -0.2) is 105 Å². The molecule has 3 fully saturated rings. The zero-order valence-electron chi connectivity index (χ0n) is 19.5. The van der Waals surface area contributed by atoms with Gasteiger partial charge < -0.3 is 29.5 Å². The van der Waals surface area contributed by atoms with E-state index in [1.807, 2.05) is 4.90 Å². The summed E-state index contributed by atoms with van der Waals surface area (Å²) in [4.78, 5) is 45.3. The molecule has 180 valence electrons. The molecule has 0 bridgehead atoms. The molecule has 9 nitrogen and oxygen atoms in total. The lowest BCUT2D eigenvalue weighted by Gasteiger charge is -2.32. The normalized spacial score (nSPS) is 22.8. The lowest BCUT2D eigenvalue weighted by molar-refractivity contribution is -0.144. The highest BCUT2D eigenvalue weighted by Gasteiger charge is 2.47. The molecule has 1 aliphatic carbocycles. The van der Waals surface area contributed by atoms with Gasteiger partial charge >= 0.3 is 0 Å². The summed E-state index contributed by atoms with van der Waals surface area (Å²) in [5, 5.41) is 3.26. The number of nitrogens with zero attached hydrogens (tertiary/aromatic N) is 3. The van der Waals surface area contributed by atoms with E-state index in [-0.39, 0.29) is 29.7 Å². The molecule has 2 aliphatic heterocycles. The van der Waals surface area contributed by atoms with Crippen LogP contribution < -0.4 is 10.1 Å². The Morgan fingerprint density at radius 1 is 1.06 bits per heavy atom. The summed E-state index contributed by atoms with van der Waals surface area (Å²) in [5.41, 5.74) is 0.545. The van der Waals surface area contributed by atoms with Crippen LogP contribution in [0.15, 0.2) is 24.3 Å². The summed E-state index contributed by atoms with van der Waals surface area (Å²) in [6.07, 6.45) is 2.21. The number of nitrogens with one attached hydrogen (secondary N) is 1. The summed E-state index contributed by atoms with van der Waals surface area (Å²) in [6, 6.07) is 6.24. The first-order valence-electron chi connectivity index (χ1n) is 11.8. The van der Waals surface area contributed by atoms with Crippen molar-refractivity contribution in [2.24, 2.45) is 5.92 Å². The number of piperazine rings is 1. The topological polar surface area (TPSA) is 91.4 Å². The van der Waals surface area contributed by atoms with E-state index in [1.54, 1.807) is 48.3 Å². The fourth-order valence-electron chi connectivity index (χ4n) is 4.72. The Morgan fingerprint density at radius 2 is 1.76 bits per heavy atom. The number of ether oxygens (including phenoxy) is 2. The highest BCUT2D eigenvalue weighted by Crippen LogP contribution is 2.35. The molecule has 4 rings (SSSR count). The van der Waals surface area contributed by atoms with Crippen molar-refractivity contribution in [3.63, 3.8) is 0 Å². The van der Waals surface area contributed by atoms with Crippen LogP contribution in [0.3, 0.4) is 0 Å². The molecule has 3 aliphatic rings. The fourth-order valence-corrected chi connectivity index (χ4v) is 4.72. The third kappa shape index (κ3) is 5.30. The number of benzene rings is 1. The Balaban J connectivity index is 1.55. The number of likely N-dealkylation sites (tertiary alicyclic amines) is 1. The Morgan fingerprint density at radius 3 is 2.36 bits per heavy atom. The predicted octanol–water partition coefficient (Wildman–Crippen LogP) is 0.595. The van der Waals surface area contributed by atoms with Gasteiger partial charge in [-0.2, -0.15) is 0 Å². The van der Waals surface area contributed by atoms with Gasteiger partial charge in [0, 0.05) is 57.9 Å². The lowest BCUT2D eigenvalue weighted by Crippen LogP contribution is -2.53. The molecule has 1 aromatic rings. The van der Waals surface area contributed by atoms with Gasteiger partial charge in [0.2, 0.25) is 11.8 Å². The van der Waals surface area contributed by atoms with E-state index in [2.05, 4.69) is 5.32 Å². The summed E-state index contributed by atoms with van der Waals surface area (Å²) in [5.74, 6) is 0.616. The number of rotatable bonds is 8. The van der Waals surface area contributed by atoms with Gasteiger partial charge in [0.1, 0.15) is 11.8 Å². The number of amides is 3. The van der Waals surface area contributed by atoms with E-state index in [0.717, 1.165) is 25.9 Å². The van der Waals surface area contributed by atoms with Crippen molar-refractivity contribution >= 4 is 17.7 Å². The second-order valence-corrected chi connectivity index (χ2v) is 8.97. The molecule has 0 spiro atoms. The Labute approximate surface area is 195 Å². The molecular formula is C24H34N4O5. The van der Waals surface area contributed by atoms with Gasteiger partial charge in [0.05, 0.1) is 19.8 Å². The molecule has 1 N–H and O–H groups in total. The monoisotopic (exact) mass is 458 g/mol. The second kappa shape index (κ2) is 10.5. The van der Waals surface area contributed by atoms with Gasteiger partial charge in [-0.1, -0.05) is 0 Å². The predicted molar refractivity (Wildman–Crippen MR) is 122 cm³/mol. The number of carbonyl (C=O) groups excluding carboxylic acids is 3. The Kier molecular flexibility index (Phi) is 7.49. The average molecular weight is 459 g/mol. The van der Waals surface area contributed by atoms with Crippen LogP contribution >= 0.6 is 0 Å². The van der Waals surface area contributed by atoms with E-state index >= 15 is 0 Å². The van der Waals surface area contributed by atoms with Crippen molar-refractivity contribution in [3.8, 4) is 5.75 Å².